The van der Waals surface area contributed by atoms with Crippen LogP contribution in [0.1, 0.15) is 38.2 Å². The van der Waals surface area contributed by atoms with Crippen molar-refractivity contribution < 1.29 is 14.7 Å². The van der Waals surface area contributed by atoms with Crippen molar-refractivity contribution in [1.82, 2.24) is 0 Å². The monoisotopic (exact) mass is 275 g/mol. The summed E-state index contributed by atoms with van der Waals surface area (Å²) in [6.45, 7) is 2.09. The molecule has 0 heterocycles. The average molecular weight is 275 g/mol. The Kier molecular flexibility index (Phi) is 4.77. The van der Waals surface area contributed by atoms with Crippen molar-refractivity contribution in [2.24, 2.45) is 11.8 Å². The highest BCUT2D eigenvalue weighted by molar-refractivity contribution is 5.92. The van der Waals surface area contributed by atoms with Crippen LogP contribution in [0, 0.1) is 11.8 Å². The number of carbonyl (C=O) groups is 2. The molecule has 4 nitrogen and oxygen atoms in total. The van der Waals surface area contributed by atoms with Gasteiger partial charge >= 0.3 is 5.97 Å². The molecule has 0 aromatic heterocycles. The fraction of sp³-hybridized carbons (Fsp3) is 0.500. The molecule has 0 aliphatic heterocycles. The van der Waals surface area contributed by atoms with Gasteiger partial charge in [-0.15, -0.1) is 0 Å². The van der Waals surface area contributed by atoms with E-state index in [1.54, 1.807) is 0 Å². The van der Waals surface area contributed by atoms with Crippen LogP contribution in [0.5, 0.6) is 0 Å². The minimum atomic E-state index is -0.737. The van der Waals surface area contributed by atoms with E-state index in [4.69, 9.17) is 5.11 Å². The number of carboxylic acids is 1. The van der Waals surface area contributed by atoms with Crippen LogP contribution >= 0.6 is 0 Å². The minimum absolute atomic E-state index is 0.0121. The van der Waals surface area contributed by atoms with Crippen LogP contribution in [0.15, 0.2) is 24.3 Å². The quantitative estimate of drug-likeness (QED) is 0.887. The third kappa shape index (κ3) is 3.59. The molecular formula is C16H21NO3. The SMILES string of the molecule is CCc1ccc(NC(=O)C2CCC(C(=O)O)CC2)cc1. The van der Waals surface area contributed by atoms with Gasteiger partial charge in [-0.3, -0.25) is 9.59 Å². The van der Waals surface area contributed by atoms with Crippen LogP contribution in [0.3, 0.4) is 0 Å². The Morgan fingerprint density at radius 2 is 1.65 bits per heavy atom. The van der Waals surface area contributed by atoms with E-state index in [1.807, 2.05) is 24.3 Å². The number of rotatable bonds is 4. The van der Waals surface area contributed by atoms with E-state index in [1.165, 1.54) is 5.56 Å². The van der Waals surface area contributed by atoms with Gasteiger partial charge in [0.1, 0.15) is 0 Å². The number of aryl methyl sites for hydroxylation is 1. The number of hydrogen-bond donors (Lipinski definition) is 2. The van der Waals surface area contributed by atoms with Crippen LogP contribution in [-0.4, -0.2) is 17.0 Å². The molecular weight excluding hydrogens is 254 g/mol. The second kappa shape index (κ2) is 6.55. The number of nitrogens with one attached hydrogen (secondary N) is 1. The number of anilines is 1. The Morgan fingerprint density at radius 3 is 2.15 bits per heavy atom. The molecule has 108 valence electrons. The van der Waals surface area contributed by atoms with E-state index in [0.717, 1.165) is 12.1 Å². The standard InChI is InChI=1S/C16H21NO3/c1-2-11-3-9-14(10-4-11)17-15(18)12-5-7-13(8-6-12)16(19)20/h3-4,9-10,12-13H,2,5-8H2,1H3,(H,17,18)(H,19,20). The smallest absolute Gasteiger partial charge is 0.306 e. The van der Waals surface area contributed by atoms with Gasteiger partial charge in [-0.1, -0.05) is 19.1 Å². The molecule has 0 bridgehead atoms. The first-order valence-electron chi connectivity index (χ1n) is 7.22. The van der Waals surface area contributed by atoms with E-state index in [9.17, 15) is 9.59 Å². The number of carbonyl (C=O) groups excluding carboxylic acids is 1. The highest BCUT2D eigenvalue weighted by atomic mass is 16.4. The lowest BCUT2D eigenvalue weighted by Crippen LogP contribution is -2.29. The molecule has 0 spiro atoms. The van der Waals surface area contributed by atoms with Gasteiger partial charge in [-0.05, 0) is 49.8 Å². The van der Waals surface area contributed by atoms with Crippen molar-refractivity contribution in [3.8, 4) is 0 Å². The predicted octanol–water partition coefficient (Wildman–Crippen LogP) is 3.08. The maximum Gasteiger partial charge on any atom is 0.306 e. The summed E-state index contributed by atoms with van der Waals surface area (Å²) < 4.78 is 0. The Hall–Kier alpha value is -1.84. The average Bonchev–Trinajstić information content (AvgIpc) is 2.48. The van der Waals surface area contributed by atoms with Gasteiger partial charge in [0.2, 0.25) is 5.91 Å². The van der Waals surface area contributed by atoms with Crippen molar-refractivity contribution in [1.29, 1.82) is 0 Å². The predicted molar refractivity (Wildman–Crippen MR) is 77.5 cm³/mol. The van der Waals surface area contributed by atoms with Crippen molar-refractivity contribution in [2.75, 3.05) is 5.32 Å². The Labute approximate surface area is 119 Å². The van der Waals surface area contributed by atoms with Crippen LogP contribution in [-0.2, 0) is 16.0 Å². The summed E-state index contributed by atoms with van der Waals surface area (Å²) in [4.78, 5) is 23.0. The zero-order chi connectivity index (χ0) is 14.5. The van der Waals surface area contributed by atoms with Gasteiger partial charge in [-0.25, -0.2) is 0 Å². The van der Waals surface area contributed by atoms with E-state index in [2.05, 4.69) is 12.2 Å². The number of aliphatic carboxylic acids is 1. The molecule has 2 rings (SSSR count). The van der Waals surface area contributed by atoms with Crippen molar-refractivity contribution in [3.05, 3.63) is 29.8 Å². The summed E-state index contributed by atoms with van der Waals surface area (Å²) in [5, 5.41) is 11.9. The van der Waals surface area contributed by atoms with Crippen LogP contribution in [0.2, 0.25) is 0 Å². The van der Waals surface area contributed by atoms with E-state index in [0.29, 0.717) is 25.7 Å². The third-order valence-corrected chi connectivity index (χ3v) is 4.08. The summed E-state index contributed by atoms with van der Waals surface area (Å²) in [5.41, 5.74) is 2.05. The molecule has 0 radical (unpaired) electrons. The molecule has 1 aromatic carbocycles. The number of benzene rings is 1. The summed E-state index contributed by atoms with van der Waals surface area (Å²) in [6, 6.07) is 7.85. The largest absolute Gasteiger partial charge is 0.481 e. The van der Waals surface area contributed by atoms with Crippen LogP contribution in [0.25, 0.3) is 0 Å². The lowest BCUT2D eigenvalue weighted by atomic mass is 9.81. The van der Waals surface area contributed by atoms with E-state index < -0.39 is 5.97 Å². The molecule has 1 amide bonds. The summed E-state index contributed by atoms with van der Waals surface area (Å²) in [5.74, 6) is -1.06. The number of hydrogen-bond acceptors (Lipinski definition) is 2. The number of carboxylic acid groups (broad SMARTS) is 1. The summed E-state index contributed by atoms with van der Waals surface area (Å²) >= 11 is 0. The van der Waals surface area contributed by atoms with Gasteiger partial charge in [0.25, 0.3) is 0 Å². The second-order valence-corrected chi connectivity index (χ2v) is 5.43. The molecule has 1 saturated carbocycles. The van der Waals surface area contributed by atoms with Gasteiger partial charge in [-0.2, -0.15) is 0 Å². The minimum Gasteiger partial charge on any atom is -0.481 e. The highest BCUT2D eigenvalue weighted by Gasteiger charge is 2.29. The lowest BCUT2D eigenvalue weighted by molar-refractivity contribution is -0.143. The molecule has 1 aliphatic rings. The molecule has 1 aliphatic carbocycles. The first kappa shape index (κ1) is 14.6. The van der Waals surface area contributed by atoms with Crippen molar-refractivity contribution in [3.63, 3.8) is 0 Å². The summed E-state index contributed by atoms with van der Waals surface area (Å²) in [7, 11) is 0. The first-order valence-corrected chi connectivity index (χ1v) is 7.22. The maximum absolute atomic E-state index is 12.1. The Balaban J connectivity index is 1.87. The van der Waals surface area contributed by atoms with Crippen molar-refractivity contribution >= 4 is 17.6 Å². The van der Waals surface area contributed by atoms with Crippen LogP contribution in [0.4, 0.5) is 5.69 Å². The maximum atomic E-state index is 12.1. The zero-order valence-corrected chi connectivity index (χ0v) is 11.8. The van der Waals surface area contributed by atoms with E-state index >= 15 is 0 Å². The topological polar surface area (TPSA) is 66.4 Å². The Morgan fingerprint density at radius 1 is 1.10 bits per heavy atom. The van der Waals surface area contributed by atoms with Gasteiger partial charge < -0.3 is 10.4 Å². The molecule has 4 heteroatoms. The second-order valence-electron chi connectivity index (χ2n) is 5.43. The molecule has 0 atom stereocenters. The first-order chi connectivity index (χ1) is 9.60. The van der Waals surface area contributed by atoms with Gasteiger partial charge in [0.15, 0.2) is 0 Å². The summed E-state index contributed by atoms with van der Waals surface area (Å²) in [6.07, 6.45) is 3.50. The molecule has 1 aromatic rings. The molecule has 20 heavy (non-hydrogen) atoms. The normalized spacial score (nSPS) is 22.2. The fourth-order valence-electron chi connectivity index (χ4n) is 2.67. The fourth-order valence-corrected chi connectivity index (χ4v) is 2.67. The van der Waals surface area contributed by atoms with Crippen molar-refractivity contribution in [2.45, 2.75) is 39.0 Å². The highest BCUT2D eigenvalue weighted by Crippen LogP contribution is 2.29. The third-order valence-electron chi connectivity index (χ3n) is 4.08. The van der Waals surface area contributed by atoms with Crippen LogP contribution < -0.4 is 5.32 Å². The molecule has 0 unspecified atom stereocenters. The Bertz CT molecular complexity index is 473. The zero-order valence-electron chi connectivity index (χ0n) is 11.8. The molecule has 1 fully saturated rings. The number of amides is 1. The van der Waals surface area contributed by atoms with Gasteiger partial charge in [0, 0.05) is 11.6 Å². The lowest BCUT2D eigenvalue weighted by Gasteiger charge is -2.25. The molecule has 2 N–H and O–H groups in total. The molecule has 0 saturated heterocycles. The van der Waals surface area contributed by atoms with Gasteiger partial charge in [0.05, 0.1) is 5.92 Å². The van der Waals surface area contributed by atoms with E-state index in [-0.39, 0.29) is 17.7 Å².